The zero-order valence-corrected chi connectivity index (χ0v) is 10.2. The van der Waals surface area contributed by atoms with Gasteiger partial charge in [0.05, 0.1) is 0 Å². The van der Waals surface area contributed by atoms with Crippen LogP contribution in [0, 0.1) is 12.8 Å². The molecule has 1 radical (unpaired) electrons. The van der Waals surface area contributed by atoms with Gasteiger partial charge in [0.2, 0.25) is 0 Å². The maximum absolute atomic E-state index is 2.36. The van der Waals surface area contributed by atoms with Crippen LogP contribution in [0.2, 0.25) is 0 Å². The summed E-state index contributed by atoms with van der Waals surface area (Å²) in [4.78, 5) is 0. The molecule has 2 saturated carbocycles. The number of hydrogen-bond donors (Lipinski definition) is 0. The van der Waals surface area contributed by atoms with Crippen LogP contribution < -0.4 is 0 Å². The maximum atomic E-state index is 2.36. The molecule has 2 aliphatic rings. The standard InChI is InChI=1S/2C5H9.Y/c2*1-2-4-5-3-1;/h2*1H,2-5H2;/q2*-1;. The van der Waals surface area contributed by atoms with Crippen molar-refractivity contribution in [1.29, 1.82) is 0 Å². The van der Waals surface area contributed by atoms with Crippen molar-refractivity contribution in [3.05, 3.63) is 12.8 Å². The molecular formula is C10H18Y-2. The van der Waals surface area contributed by atoms with E-state index in [4.69, 9.17) is 0 Å². The van der Waals surface area contributed by atoms with E-state index in [9.17, 15) is 0 Å². The summed E-state index contributed by atoms with van der Waals surface area (Å²) in [5.41, 5.74) is 0. The van der Waals surface area contributed by atoms with Gasteiger partial charge in [-0.3, -0.25) is 0 Å². The molecule has 0 amide bonds. The zero-order chi connectivity index (χ0) is 7.07. The monoisotopic (exact) mass is 227 g/mol. The maximum Gasteiger partial charge on any atom is 0 e. The number of hydrogen-bond acceptors (Lipinski definition) is 0. The molecule has 0 N–H and O–H groups in total. The van der Waals surface area contributed by atoms with Crippen molar-refractivity contribution >= 4 is 0 Å². The summed E-state index contributed by atoms with van der Waals surface area (Å²) in [6, 6.07) is 0. The summed E-state index contributed by atoms with van der Waals surface area (Å²) in [6.07, 6.45) is 16.0. The average molecular weight is 227 g/mol. The first-order valence-corrected chi connectivity index (χ1v) is 4.63. The van der Waals surface area contributed by atoms with Gasteiger partial charge in [0.15, 0.2) is 0 Å². The van der Waals surface area contributed by atoms with Gasteiger partial charge in [0.1, 0.15) is 0 Å². The summed E-state index contributed by atoms with van der Waals surface area (Å²) in [6.45, 7) is 0. The Bertz CT molecular complexity index is 38.1. The predicted molar refractivity (Wildman–Crippen MR) is 45.5 cm³/mol. The fourth-order valence-corrected chi connectivity index (χ4v) is 1.44. The molecule has 2 rings (SSSR count). The normalized spacial score (nSPS) is 21.8. The van der Waals surface area contributed by atoms with Crippen LogP contribution in [0.5, 0.6) is 0 Å². The Morgan fingerprint density at radius 1 is 0.545 bits per heavy atom. The van der Waals surface area contributed by atoms with E-state index >= 15 is 0 Å². The molecule has 0 atom stereocenters. The van der Waals surface area contributed by atoms with Crippen LogP contribution in [0.1, 0.15) is 51.4 Å². The molecule has 0 spiro atoms. The van der Waals surface area contributed by atoms with Crippen LogP contribution in [0.3, 0.4) is 0 Å². The van der Waals surface area contributed by atoms with Gasteiger partial charge >= 0.3 is 0 Å². The van der Waals surface area contributed by atoms with E-state index < -0.39 is 0 Å². The summed E-state index contributed by atoms with van der Waals surface area (Å²) < 4.78 is 0. The second-order valence-electron chi connectivity index (χ2n) is 3.15. The van der Waals surface area contributed by atoms with Gasteiger partial charge in [-0.25, -0.2) is 0 Å². The first-order valence-electron chi connectivity index (χ1n) is 4.63. The summed E-state index contributed by atoms with van der Waals surface area (Å²) in [5, 5.41) is 0. The fourth-order valence-electron chi connectivity index (χ4n) is 1.44. The van der Waals surface area contributed by atoms with Gasteiger partial charge in [-0.2, -0.15) is 25.7 Å². The van der Waals surface area contributed by atoms with E-state index in [0.29, 0.717) is 0 Å². The summed E-state index contributed by atoms with van der Waals surface area (Å²) in [5.74, 6) is 0. The molecule has 63 valence electrons. The van der Waals surface area contributed by atoms with Crippen molar-refractivity contribution in [2.24, 2.45) is 0 Å². The molecule has 0 saturated heterocycles. The van der Waals surface area contributed by atoms with E-state index in [-0.39, 0.29) is 32.7 Å². The Kier molecular flexibility index (Phi) is 10.1. The van der Waals surface area contributed by atoms with E-state index in [1.807, 2.05) is 0 Å². The Morgan fingerprint density at radius 3 is 0.909 bits per heavy atom. The smallest absolute Gasteiger partial charge is 0 e. The molecule has 0 aromatic rings. The third kappa shape index (κ3) is 7.46. The van der Waals surface area contributed by atoms with E-state index in [2.05, 4.69) is 12.8 Å². The molecule has 0 aromatic carbocycles. The Hall–Kier alpha value is 1.10. The minimum Gasteiger partial charge on any atom is -0.328 e. The zero-order valence-electron chi connectivity index (χ0n) is 7.39. The largest absolute Gasteiger partial charge is 0.328 e. The minimum atomic E-state index is 0. The molecule has 0 heterocycles. The molecule has 2 aliphatic carbocycles. The van der Waals surface area contributed by atoms with Crippen molar-refractivity contribution < 1.29 is 32.7 Å². The molecule has 11 heavy (non-hydrogen) atoms. The summed E-state index contributed by atoms with van der Waals surface area (Å²) >= 11 is 0. The van der Waals surface area contributed by atoms with Crippen LogP contribution in [-0.4, -0.2) is 0 Å². The molecule has 0 aromatic heterocycles. The quantitative estimate of drug-likeness (QED) is 0.555. The van der Waals surface area contributed by atoms with Crippen LogP contribution >= 0.6 is 0 Å². The van der Waals surface area contributed by atoms with E-state index in [1.165, 1.54) is 51.4 Å². The van der Waals surface area contributed by atoms with Crippen molar-refractivity contribution in [2.75, 3.05) is 0 Å². The van der Waals surface area contributed by atoms with Crippen molar-refractivity contribution in [1.82, 2.24) is 0 Å². The van der Waals surface area contributed by atoms with Crippen LogP contribution in [-0.2, 0) is 32.7 Å². The number of rotatable bonds is 0. The molecule has 0 unspecified atom stereocenters. The van der Waals surface area contributed by atoms with Gasteiger partial charge in [-0.1, -0.05) is 25.7 Å². The van der Waals surface area contributed by atoms with E-state index in [1.54, 1.807) is 0 Å². The fraction of sp³-hybridized carbons (Fsp3) is 0.800. The minimum absolute atomic E-state index is 0. The van der Waals surface area contributed by atoms with Crippen molar-refractivity contribution in [3.8, 4) is 0 Å². The Balaban J connectivity index is 0.000000167. The van der Waals surface area contributed by atoms with Gasteiger partial charge in [0.25, 0.3) is 0 Å². The molecular weight excluding hydrogens is 209 g/mol. The van der Waals surface area contributed by atoms with Crippen molar-refractivity contribution in [3.63, 3.8) is 0 Å². The molecule has 2 fully saturated rings. The molecule has 0 aliphatic heterocycles. The van der Waals surface area contributed by atoms with Crippen LogP contribution in [0.15, 0.2) is 0 Å². The van der Waals surface area contributed by atoms with E-state index in [0.717, 1.165) is 0 Å². The third-order valence-corrected chi connectivity index (χ3v) is 2.13. The second kappa shape index (κ2) is 9.19. The molecule has 0 bridgehead atoms. The van der Waals surface area contributed by atoms with Gasteiger partial charge in [-0.05, 0) is 0 Å². The van der Waals surface area contributed by atoms with Crippen molar-refractivity contribution in [2.45, 2.75) is 51.4 Å². The SMILES string of the molecule is [CH-]1CCCC1.[CH-]1CCCC1.[Y]. The third-order valence-electron chi connectivity index (χ3n) is 2.13. The molecule has 0 nitrogen and oxygen atoms in total. The molecule has 1 heteroatoms. The average Bonchev–Trinajstić information content (AvgIpc) is 2.67. The topological polar surface area (TPSA) is 0 Å². The summed E-state index contributed by atoms with van der Waals surface area (Å²) in [7, 11) is 0. The van der Waals surface area contributed by atoms with Gasteiger partial charge < -0.3 is 12.8 Å². The van der Waals surface area contributed by atoms with Crippen LogP contribution in [0.4, 0.5) is 0 Å². The van der Waals surface area contributed by atoms with Crippen LogP contribution in [0.25, 0.3) is 0 Å². The first kappa shape index (κ1) is 12.1. The van der Waals surface area contributed by atoms with Gasteiger partial charge in [-0.15, -0.1) is 0 Å². The predicted octanol–water partition coefficient (Wildman–Crippen LogP) is 3.53. The van der Waals surface area contributed by atoms with Gasteiger partial charge in [0, 0.05) is 32.7 Å². The Morgan fingerprint density at radius 2 is 0.818 bits per heavy atom. The second-order valence-corrected chi connectivity index (χ2v) is 3.15. The first-order chi connectivity index (χ1) is 5.00. The Labute approximate surface area is 96.4 Å².